The zero-order valence-corrected chi connectivity index (χ0v) is 12.8. The van der Waals surface area contributed by atoms with E-state index in [0.29, 0.717) is 12.2 Å². The van der Waals surface area contributed by atoms with Crippen molar-refractivity contribution in [3.05, 3.63) is 5.69 Å². The molecule has 0 bridgehead atoms. The van der Waals surface area contributed by atoms with Crippen LogP contribution < -0.4 is 11.1 Å². The maximum Gasteiger partial charge on any atom is 0.148 e. The first-order valence-electron chi connectivity index (χ1n) is 6.99. The molecule has 1 heterocycles. The summed E-state index contributed by atoms with van der Waals surface area (Å²) in [5.74, 6) is 0.826. The first-order chi connectivity index (χ1) is 8.74. The first kappa shape index (κ1) is 15.8. The van der Waals surface area contributed by atoms with Crippen molar-refractivity contribution in [1.82, 2.24) is 9.78 Å². The normalized spacial score (nSPS) is 13.6. The summed E-state index contributed by atoms with van der Waals surface area (Å²) in [7, 11) is 0. The standard InChI is InChI=1S/C14H28N4O/c1-6-7-18-13(12(15)10(2)17-18)16-9-11(19)8-14(3,4)5/h11,16,19H,6-9,15H2,1-5H3. The predicted molar refractivity (Wildman–Crippen MR) is 80.2 cm³/mol. The quantitative estimate of drug-likeness (QED) is 0.740. The molecule has 0 aromatic carbocycles. The Bertz CT molecular complexity index is 406. The molecule has 4 N–H and O–H groups in total. The lowest BCUT2D eigenvalue weighted by Gasteiger charge is -2.23. The van der Waals surface area contributed by atoms with Crippen LogP contribution in [0.25, 0.3) is 0 Å². The number of hydrogen-bond acceptors (Lipinski definition) is 4. The molecule has 5 heteroatoms. The van der Waals surface area contributed by atoms with Gasteiger partial charge in [0.15, 0.2) is 0 Å². The number of aryl methyl sites for hydroxylation is 2. The number of nitrogen functional groups attached to an aromatic ring is 1. The third kappa shape index (κ3) is 4.74. The Labute approximate surface area is 116 Å². The first-order valence-corrected chi connectivity index (χ1v) is 6.99. The Morgan fingerprint density at radius 2 is 2.05 bits per heavy atom. The van der Waals surface area contributed by atoms with E-state index in [9.17, 15) is 5.11 Å². The summed E-state index contributed by atoms with van der Waals surface area (Å²) in [6, 6.07) is 0. The van der Waals surface area contributed by atoms with E-state index >= 15 is 0 Å². The number of nitrogens with zero attached hydrogens (tertiary/aromatic N) is 2. The van der Waals surface area contributed by atoms with Crippen molar-refractivity contribution in [1.29, 1.82) is 0 Å². The number of aromatic nitrogens is 2. The van der Waals surface area contributed by atoms with E-state index < -0.39 is 0 Å². The molecule has 0 aliphatic carbocycles. The lowest BCUT2D eigenvalue weighted by molar-refractivity contribution is 0.132. The Hall–Kier alpha value is -1.23. The number of rotatable bonds is 6. The Morgan fingerprint density at radius 3 is 2.58 bits per heavy atom. The molecule has 1 aromatic heterocycles. The fraction of sp³-hybridized carbons (Fsp3) is 0.786. The van der Waals surface area contributed by atoms with Gasteiger partial charge in [0.2, 0.25) is 0 Å². The monoisotopic (exact) mass is 268 g/mol. The van der Waals surface area contributed by atoms with Crippen LogP contribution in [-0.4, -0.2) is 27.5 Å². The largest absolute Gasteiger partial charge is 0.394 e. The van der Waals surface area contributed by atoms with Crippen LogP contribution in [0.4, 0.5) is 11.5 Å². The van der Waals surface area contributed by atoms with Gasteiger partial charge in [-0.05, 0) is 25.2 Å². The SMILES string of the molecule is CCCn1nc(C)c(N)c1NCC(O)CC(C)(C)C. The number of hydrogen-bond donors (Lipinski definition) is 3. The summed E-state index contributed by atoms with van der Waals surface area (Å²) in [4.78, 5) is 0. The van der Waals surface area contributed by atoms with Crippen LogP contribution in [-0.2, 0) is 6.54 Å². The van der Waals surface area contributed by atoms with Crippen molar-refractivity contribution in [3.8, 4) is 0 Å². The van der Waals surface area contributed by atoms with Gasteiger partial charge in [-0.1, -0.05) is 27.7 Å². The summed E-state index contributed by atoms with van der Waals surface area (Å²) < 4.78 is 1.88. The predicted octanol–water partition coefficient (Wildman–Crippen LogP) is 2.39. The Kier molecular flexibility index (Phi) is 5.23. The molecule has 0 saturated heterocycles. The highest BCUT2D eigenvalue weighted by molar-refractivity contribution is 5.64. The summed E-state index contributed by atoms with van der Waals surface area (Å²) in [6.45, 7) is 11.7. The van der Waals surface area contributed by atoms with Crippen molar-refractivity contribution >= 4 is 11.5 Å². The van der Waals surface area contributed by atoms with Gasteiger partial charge in [0.05, 0.1) is 17.5 Å². The van der Waals surface area contributed by atoms with E-state index in [-0.39, 0.29) is 11.5 Å². The lowest BCUT2D eigenvalue weighted by atomic mass is 9.89. The van der Waals surface area contributed by atoms with Crippen LogP contribution in [0.3, 0.4) is 0 Å². The van der Waals surface area contributed by atoms with Gasteiger partial charge < -0.3 is 16.2 Å². The molecular weight excluding hydrogens is 240 g/mol. The number of aliphatic hydroxyl groups excluding tert-OH is 1. The zero-order valence-electron chi connectivity index (χ0n) is 12.8. The highest BCUT2D eigenvalue weighted by Gasteiger charge is 2.18. The minimum absolute atomic E-state index is 0.117. The molecule has 0 spiro atoms. The van der Waals surface area contributed by atoms with Crippen molar-refractivity contribution < 1.29 is 5.11 Å². The second kappa shape index (κ2) is 6.28. The van der Waals surface area contributed by atoms with Crippen LogP contribution in [0.2, 0.25) is 0 Å². The van der Waals surface area contributed by atoms with E-state index in [2.05, 4.69) is 38.1 Å². The minimum atomic E-state index is -0.385. The van der Waals surface area contributed by atoms with Crippen molar-refractivity contribution in [2.45, 2.75) is 60.1 Å². The Balaban J connectivity index is 2.66. The molecule has 0 aliphatic heterocycles. The van der Waals surface area contributed by atoms with Crippen LogP contribution in [0.15, 0.2) is 0 Å². The molecule has 0 amide bonds. The number of anilines is 2. The van der Waals surface area contributed by atoms with Gasteiger partial charge in [-0.2, -0.15) is 5.10 Å². The molecule has 0 saturated carbocycles. The minimum Gasteiger partial charge on any atom is -0.394 e. The molecule has 1 unspecified atom stereocenters. The van der Waals surface area contributed by atoms with Gasteiger partial charge in [0, 0.05) is 13.1 Å². The topological polar surface area (TPSA) is 76.1 Å². The molecule has 1 atom stereocenters. The summed E-state index contributed by atoms with van der Waals surface area (Å²) in [5, 5.41) is 17.7. The molecule has 1 aromatic rings. The molecule has 1 rings (SSSR count). The van der Waals surface area contributed by atoms with E-state index in [4.69, 9.17) is 5.73 Å². The average molecular weight is 268 g/mol. The van der Waals surface area contributed by atoms with E-state index in [1.807, 2.05) is 11.6 Å². The lowest BCUT2D eigenvalue weighted by Crippen LogP contribution is -2.26. The summed E-state index contributed by atoms with van der Waals surface area (Å²) >= 11 is 0. The highest BCUT2D eigenvalue weighted by atomic mass is 16.3. The van der Waals surface area contributed by atoms with Crippen LogP contribution in [0.5, 0.6) is 0 Å². The van der Waals surface area contributed by atoms with E-state index in [1.165, 1.54) is 0 Å². The smallest absolute Gasteiger partial charge is 0.148 e. The summed E-state index contributed by atoms with van der Waals surface area (Å²) in [6.07, 6.45) is 1.37. The zero-order chi connectivity index (χ0) is 14.6. The van der Waals surface area contributed by atoms with Crippen molar-refractivity contribution in [2.75, 3.05) is 17.6 Å². The van der Waals surface area contributed by atoms with Gasteiger partial charge in [-0.15, -0.1) is 0 Å². The van der Waals surface area contributed by atoms with Gasteiger partial charge in [-0.3, -0.25) is 0 Å². The van der Waals surface area contributed by atoms with E-state index in [1.54, 1.807) is 0 Å². The van der Waals surface area contributed by atoms with Crippen LogP contribution in [0, 0.1) is 12.3 Å². The molecular formula is C14H28N4O. The third-order valence-corrected chi connectivity index (χ3v) is 2.96. The van der Waals surface area contributed by atoms with Crippen molar-refractivity contribution in [3.63, 3.8) is 0 Å². The molecule has 5 nitrogen and oxygen atoms in total. The van der Waals surface area contributed by atoms with Gasteiger partial charge >= 0.3 is 0 Å². The molecule has 0 radical (unpaired) electrons. The number of aliphatic hydroxyl groups is 1. The number of nitrogens with two attached hydrogens (primary N) is 1. The third-order valence-electron chi connectivity index (χ3n) is 2.96. The van der Waals surface area contributed by atoms with Crippen LogP contribution in [0.1, 0.15) is 46.2 Å². The second-order valence-corrected chi connectivity index (χ2v) is 6.37. The van der Waals surface area contributed by atoms with Gasteiger partial charge in [-0.25, -0.2) is 4.68 Å². The molecule has 0 fully saturated rings. The fourth-order valence-corrected chi connectivity index (χ4v) is 2.15. The Morgan fingerprint density at radius 1 is 1.42 bits per heavy atom. The maximum absolute atomic E-state index is 10.0. The fourth-order valence-electron chi connectivity index (χ4n) is 2.15. The highest BCUT2D eigenvalue weighted by Crippen LogP contribution is 2.24. The summed E-state index contributed by atoms with van der Waals surface area (Å²) in [5.41, 5.74) is 7.65. The second-order valence-electron chi connectivity index (χ2n) is 6.37. The molecule has 110 valence electrons. The molecule has 0 aliphatic rings. The maximum atomic E-state index is 10.0. The van der Waals surface area contributed by atoms with E-state index in [0.717, 1.165) is 30.9 Å². The number of nitrogens with one attached hydrogen (secondary N) is 1. The van der Waals surface area contributed by atoms with Gasteiger partial charge in [0.25, 0.3) is 0 Å². The van der Waals surface area contributed by atoms with Gasteiger partial charge in [0.1, 0.15) is 5.82 Å². The average Bonchev–Trinajstić information content (AvgIpc) is 2.51. The molecule has 19 heavy (non-hydrogen) atoms. The van der Waals surface area contributed by atoms with Crippen molar-refractivity contribution in [2.24, 2.45) is 5.41 Å². The van der Waals surface area contributed by atoms with Crippen LogP contribution >= 0.6 is 0 Å².